The zero-order valence-corrected chi connectivity index (χ0v) is 14.2. The van der Waals surface area contributed by atoms with Gasteiger partial charge in [0.05, 0.1) is 5.92 Å². The van der Waals surface area contributed by atoms with E-state index < -0.39 is 11.9 Å². The van der Waals surface area contributed by atoms with Gasteiger partial charge in [-0.1, -0.05) is 44.0 Å². The average molecular weight is 416 g/mol. The van der Waals surface area contributed by atoms with Gasteiger partial charge in [0.2, 0.25) is 0 Å². The van der Waals surface area contributed by atoms with Gasteiger partial charge in [0, 0.05) is 8.95 Å². The molecule has 0 aromatic heterocycles. The second kappa shape index (κ2) is 7.18. The van der Waals surface area contributed by atoms with Crippen molar-refractivity contribution >= 4 is 37.8 Å². The van der Waals surface area contributed by atoms with Gasteiger partial charge in [0.15, 0.2) is 0 Å². The highest BCUT2D eigenvalue weighted by molar-refractivity contribution is 9.10. The molecule has 1 atom stereocenters. The molecule has 0 spiro atoms. The van der Waals surface area contributed by atoms with E-state index in [4.69, 9.17) is 0 Å². The van der Waals surface area contributed by atoms with Gasteiger partial charge in [-0.05, 0) is 54.3 Å². The number of carbonyl (C=O) groups is 1. The van der Waals surface area contributed by atoms with Gasteiger partial charge in [0.25, 0.3) is 0 Å². The van der Waals surface area contributed by atoms with Gasteiger partial charge in [0.1, 0.15) is 5.82 Å². The molecular formula is C16H13Br2FO2. The third kappa shape index (κ3) is 4.93. The Kier molecular flexibility index (Phi) is 5.53. The predicted molar refractivity (Wildman–Crippen MR) is 86.8 cm³/mol. The van der Waals surface area contributed by atoms with E-state index in [0.29, 0.717) is 16.5 Å². The zero-order valence-electron chi connectivity index (χ0n) is 11.0. The topological polar surface area (TPSA) is 37.3 Å². The molecule has 5 heteroatoms. The summed E-state index contributed by atoms with van der Waals surface area (Å²) in [7, 11) is 0. The maximum absolute atomic E-state index is 13.4. The molecule has 1 N–H and O–H groups in total. The summed E-state index contributed by atoms with van der Waals surface area (Å²) in [5.74, 6) is -1.84. The number of benzene rings is 2. The maximum Gasteiger partial charge on any atom is 0.307 e. The van der Waals surface area contributed by atoms with Gasteiger partial charge in [-0.3, -0.25) is 4.79 Å². The van der Waals surface area contributed by atoms with E-state index in [1.54, 1.807) is 6.07 Å². The Morgan fingerprint density at radius 1 is 1.05 bits per heavy atom. The van der Waals surface area contributed by atoms with Crippen molar-refractivity contribution in [3.8, 4) is 0 Å². The van der Waals surface area contributed by atoms with Crippen molar-refractivity contribution in [2.24, 2.45) is 5.92 Å². The molecular weight excluding hydrogens is 403 g/mol. The maximum atomic E-state index is 13.4. The lowest BCUT2D eigenvalue weighted by Gasteiger charge is -2.13. The van der Waals surface area contributed by atoms with E-state index in [1.807, 2.05) is 24.3 Å². The Labute approximate surface area is 139 Å². The molecule has 0 aliphatic heterocycles. The van der Waals surface area contributed by atoms with Crippen LogP contribution in [0.5, 0.6) is 0 Å². The smallest absolute Gasteiger partial charge is 0.307 e. The van der Waals surface area contributed by atoms with Crippen molar-refractivity contribution < 1.29 is 14.3 Å². The summed E-state index contributed by atoms with van der Waals surface area (Å²) in [5.41, 5.74) is 1.61. The molecule has 110 valence electrons. The molecule has 0 saturated carbocycles. The molecule has 1 unspecified atom stereocenters. The van der Waals surface area contributed by atoms with Crippen LogP contribution in [0.25, 0.3) is 0 Å². The SMILES string of the molecule is O=C(O)C(Cc1cccc(Br)c1)Cc1cc(F)cc(Br)c1. The molecule has 0 heterocycles. The number of hydrogen-bond acceptors (Lipinski definition) is 1. The molecule has 0 amide bonds. The average Bonchev–Trinajstić information content (AvgIpc) is 2.36. The molecule has 0 bridgehead atoms. The lowest BCUT2D eigenvalue weighted by molar-refractivity contribution is -0.141. The number of carboxylic acids is 1. The molecule has 0 fully saturated rings. The zero-order chi connectivity index (χ0) is 15.4. The van der Waals surface area contributed by atoms with E-state index >= 15 is 0 Å². The van der Waals surface area contributed by atoms with Crippen molar-refractivity contribution in [2.45, 2.75) is 12.8 Å². The minimum absolute atomic E-state index is 0.290. The fraction of sp³-hybridized carbons (Fsp3) is 0.188. The minimum Gasteiger partial charge on any atom is -0.481 e. The van der Waals surface area contributed by atoms with Crippen molar-refractivity contribution in [1.82, 2.24) is 0 Å². The first kappa shape index (κ1) is 16.2. The Bertz CT molecular complexity index is 638. The highest BCUT2D eigenvalue weighted by atomic mass is 79.9. The number of halogens is 3. The van der Waals surface area contributed by atoms with Crippen LogP contribution in [0.1, 0.15) is 11.1 Å². The van der Waals surface area contributed by atoms with Crippen LogP contribution < -0.4 is 0 Å². The molecule has 0 saturated heterocycles. The van der Waals surface area contributed by atoms with Crippen molar-refractivity contribution in [3.63, 3.8) is 0 Å². The van der Waals surface area contributed by atoms with Crippen LogP contribution in [0.15, 0.2) is 51.4 Å². The molecule has 21 heavy (non-hydrogen) atoms. The van der Waals surface area contributed by atoms with Gasteiger partial charge in [-0.25, -0.2) is 4.39 Å². The molecule has 0 radical (unpaired) electrons. The second-order valence-electron chi connectivity index (χ2n) is 4.85. The Hall–Kier alpha value is -1.20. The molecule has 2 rings (SSSR count). The van der Waals surface area contributed by atoms with Crippen molar-refractivity contribution in [1.29, 1.82) is 0 Å². The van der Waals surface area contributed by atoms with Crippen LogP contribution >= 0.6 is 31.9 Å². The first-order chi connectivity index (χ1) is 9.94. The largest absolute Gasteiger partial charge is 0.481 e. The van der Waals surface area contributed by atoms with Gasteiger partial charge >= 0.3 is 5.97 Å². The van der Waals surface area contributed by atoms with Crippen LogP contribution in [0.2, 0.25) is 0 Å². The summed E-state index contributed by atoms with van der Waals surface area (Å²) in [6, 6.07) is 12.0. The Morgan fingerprint density at radius 3 is 2.33 bits per heavy atom. The van der Waals surface area contributed by atoms with Crippen LogP contribution in [0.4, 0.5) is 4.39 Å². The first-order valence-corrected chi connectivity index (χ1v) is 7.95. The van der Waals surface area contributed by atoms with E-state index in [9.17, 15) is 14.3 Å². The number of carboxylic acid groups (broad SMARTS) is 1. The summed E-state index contributed by atoms with van der Waals surface area (Å²) in [6.45, 7) is 0. The molecule has 0 aliphatic carbocycles. The normalized spacial score (nSPS) is 12.1. The molecule has 2 nitrogen and oxygen atoms in total. The third-order valence-electron chi connectivity index (χ3n) is 3.12. The monoisotopic (exact) mass is 414 g/mol. The lowest BCUT2D eigenvalue weighted by atomic mass is 9.92. The van der Waals surface area contributed by atoms with Crippen molar-refractivity contribution in [3.05, 3.63) is 68.4 Å². The van der Waals surface area contributed by atoms with E-state index in [2.05, 4.69) is 31.9 Å². The summed E-state index contributed by atoms with van der Waals surface area (Å²) >= 11 is 6.59. The molecule has 2 aromatic carbocycles. The summed E-state index contributed by atoms with van der Waals surface area (Å²) < 4.78 is 14.9. The highest BCUT2D eigenvalue weighted by Gasteiger charge is 2.19. The van der Waals surface area contributed by atoms with Crippen molar-refractivity contribution in [2.75, 3.05) is 0 Å². The van der Waals surface area contributed by atoms with E-state index in [0.717, 1.165) is 10.0 Å². The Balaban J connectivity index is 2.17. The van der Waals surface area contributed by atoms with Gasteiger partial charge < -0.3 is 5.11 Å². The van der Waals surface area contributed by atoms with Gasteiger partial charge in [-0.2, -0.15) is 0 Å². The van der Waals surface area contributed by atoms with Crippen LogP contribution in [-0.2, 0) is 17.6 Å². The second-order valence-corrected chi connectivity index (χ2v) is 6.68. The van der Waals surface area contributed by atoms with Crippen LogP contribution in [-0.4, -0.2) is 11.1 Å². The number of hydrogen-bond donors (Lipinski definition) is 1. The summed E-state index contributed by atoms with van der Waals surface area (Å²) in [5, 5.41) is 9.39. The number of aliphatic carboxylic acids is 1. The Morgan fingerprint density at radius 2 is 1.71 bits per heavy atom. The quantitative estimate of drug-likeness (QED) is 0.758. The summed E-state index contributed by atoms with van der Waals surface area (Å²) in [4.78, 5) is 11.4. The van der Waals surface area contributed by atoms with Crippen LogP contribution in [0.3, 0.4) is 0 Å². The predicted octanol–water partition coefficient (Wildman–Crippen LogP) is 4.84. The third-order valence-corrected chi connectivity index (χ3v) is 4.08. The number of rotatable bonds is 5. The minimum atomic E-state index is -0.879. The van der Waals surface area contributed by atoms with Gasteiger partial charge in [-0.15, -0.1) is 0 Å². The van der Waals surface area contributed by atoms with Crippen LogP contribution in [0, 0.1) is 11.7 Å². The standard InChI is InChI=1S/C16H13Br2FO2/c17-13-3-1-2-10(6-13)4-12(16(20)21)5-11-7-14(18)9-15(19)8-11/h1-3,6-9,12H,4-5H2,(H,20,21). The fourth-order valence-corrected chi connectivity index (χ4v) is 3.17. The first-order valence-electron chi connectivity index (χ1n) is 6.36. The lowest BCUT2D eigenvalue weighted by Crippen LogP contribution is -2.19. The van der Waals surface area contributed by atoms with E-state index in [-0.39, 0.29) is 12.2 Å². The fourth-order valence-electron chi connectivity index (χ4n) is 2.21. The molecule has 2 aromatic rings. The highest BCUT2D eigenvalue weighted by Crippen LogP contribution is 2.21. The molecule has 0 aliphatic rings. The van der Waals surface area contributed by atoms with E-state index in [1.165, 1.54) is 12.1 Å². The summed E-state index contributed by atoms with van der Waals surface area (Å²) in [6.07, 6.45) is 0.696.